The van der Waals surface area contributed by atoms with Gasteiger partial charge in [-0.05, 0) is 31.4 Å². The first-order valence-electron chi connectivity index (χ1n) is 8.65. The third-order valence-corrected chi connectivity index (χ3v) is 4.95. The molecule has 0 atom stereocenters. The second kappa shape index (κ2) is 7.01. The zero-order chi connectivity index (χ0) is 16.2. The molecule has 3 heterocycles. The van der Waals surface area contributed by atoms with Crippen molar-refractivity contribution in [3.63, 3.8) is 0 Å². The van der Waals surface area contributed by atoms with E-state index >= 15 is 0 Å². The number of hydrogen-bond acceptors (Lipinski definition) is 6. The van der Waals surface area contributed by atoms with Gasteiger partial charge in [-0.3, -0.25) is 4.90 Å². The van der Waals surface area contributed by atoms with Crippen molar-refractivity contribution in [1.82, 2.24) is 15.1 Å². The van der Waals surface area contributed by atoms with Gasteiger partial charge in [-0.2, -0.15) is 0 Å². The highest BCUT2D eigenvalue weighted by Gasteiger charge is 2.35. The number of benzene rings is 1. The molecule has 24 heavy (non-hydrogen) atoms. The molecule has 1 spiro atoms. The lowest BCUT2D eigenvalue weighted by atomic mass is 9.90. The van der Waals surface area contributed by atoms with Gasteiger partial charge in [-0.25, -0.2) is 0 Å². The van der Waals surface area contributed by atoms with Crippen molar-refractivity contribution in [2.24, 2.45) is 0 Å². The molecule has 2 aliphatic heterocycles. The van der Waals surface area contributed by atoms with E-state index in [1.54, 1.807) is 0 Å². The maximum atomic E-state index is 6.19. The lowest BCUT2D eigenvalue weighted by molar-refractivity contribution is -0.105. The summed E-state index contributed by atoms with van der Waals surface area (Å²) in [4.78, 5) is 2.34. The molecule has 2 aliphatic rings. The van der Waals surface area contributed by atoms with E-state index in [2.05, 4.69) is 15.1 Å². The van der Waals surface area contributed by atoms with E-state index in [-0.39, 0.29) is 5.60 Å². The summed E-state index contributed by atoms with van der Waals surface area (Å²) in [6.45, 7) is 4.93. The standard InChI is InChI=1S/C18H23N3O3/c1-2-4-15(5-3-1)17-20-19-16(24-17)14-21-9-6-18(23-13-10-21)7-11-22-12-8-18/h1-5H,6-14H2. The SMILES string of the molecule is c1ccc(-c2nnc(CN3CCOC4(CCOCC4)CC3)o2)cc1. The molecular formula is C18H23N3O3. The van der Waals surface area contributed by atoms with Crippen LogP contribution in [0.4, 0.5) is 0 Å². The van der Waals surface area contributed by atoms with Crippen LogP contribution in [-0.4, -0.2) is 53.6 Å². The van der Waals surface area contributed by atoms with Gasteiger partial charge < -0.3 is 13.9 Å². The van der Waals surface area contributed by atoms with Gasteiger partial charge in [0.2, 0.25) is 11.8 Å². The van der Waals surface area contributed by atoms with Crippen molar-refractivity contribution in [1.29, 1.82) is 0 Å². The van der Waals surface area contributed by atoms with Crippen LogP contribution >= 0.6 is 0 Å². The third kappa shape index (κ3) is 3.50. The molecule has 0 bridgehead atoms. The number of ether oxygens (including phenoxy) is 2. The first kappa shape index (κ1) is 15.7. The van der Waals surface area contributed by atoms with Gasteiger partial charge in [-0.1, -0.05) is 18.2 Å². The van der Waals surface area contributed by atoms with Gasteiger partial charge in [0, 0.05) is 31.9 Å². The zero-order valence-corrected chi connectivity index (χ0v) is 13.8. The molecule has 0 saturated carbocycles. The monoisotopic (exact) mass is 329 g/mol. The Kier molecular flexibility index (Phi) is 4.60. The summed E-state index contributed by atoms with van der Waals surface area (Å²) in [5.41, 5.74) is 0.966. The number of rotatable bonds is 3. The maximum Gasteiger partial charge on any atom is 0.247 e. The van der Waals surface area contributed by atoms with Crippen molar-refractivity contribution in [3.8, 4) is 11.5 Å². The largest absolute Gasteiger partial charge is 0.419 e. The number of aromatic nitrogens is 2. The Labute approximate surface area is 141 Å². The van der Waals surface area contributed by atoms with Crippen LogP contribution in [0.25, 0.3) is 11.5 Å². The van der Waals surface area contributed by atoms with Gasteiger partial charge in [0.1, 0.15) is 0 Å². The summed E-state index contributed by atoms with van der Waals surface area (Å²) in [6.07, 6.45) is 3.04. The lowest BCUT2D eigenvalue weighted by Gasteiger charge is -2.35. The van der Waals surface area contributed by atoms with Crippen molar-refractivity contribution in [2.75, 3.05) is 32.9 Å². The van der Waals surface area contributed by atoms with Gasteiger partial charge >= 0.3 is 0 Å². The van der Waals surface area contributed by atoms with Crippen LogP contribution in [0, 0.1) is 0 Å². The summed E-state index contributed by atoms with van der Waals surface area (Å²) in [6, 6.07) is 9.87. The van der Waals surface area contributed by atoms with E-state index in [9.17, 15) is 0 Å². The maximum absolute atomic E-state index is 6.19. The van der Waals surface area contributed by atoms with Crippen molar-refractivity contribution < 1.29 is 13.9 Å². The zero-order valence-electron chi connectivity index (χ0n) is 13.8. The highest BCUT2D eigenvalue weighted by molar-refractivity contribution is 5.51. The van der Waals surface area contributed by atoms with Crippen LogP contribution in [0.15, 0.2) is 34.7 Å². The van der Waals surface area contributed by atoms with Crippen molar-refractivity contribution >= 4 is 0 Å². The molecule has 0 unspecified atom stereocenters. The van der Waals surface area contributed by atoms with Gasteiger partial charge in [0.25, 0.3) is 0 Å². The van der Waals surface area contributed by atoms with Gasteiger partial charge in [0.05, 0.1) is 18.8 Å². The summed E-state index contributed by atoms with van der Waals surface area (Å²) in [5, 5.41) is 8.37. The van der Waals surface area contributed by atoms with Crippen LogP contribution in [0.1, 0.15) is 25.2 Å². The molecule has 2 saturated heterocycles. The molecule has 2 fully saturated rings. The van der Waals surface area contributed by atoms with Crippen LogP contribution in [0.2, 0.25) is 0 Å². The highest BCUT2D eigenvalue weighted by Crippen LogP contribution is 2.31. The van der Waals surface area contributed by atoms with E-state index < -0.39 is 0 Å². The van der Waals surface area contributed by atoms with Crippen LogP contribution in [0.3, 0.4) is 0 Å². The average Bonchev–Trinajstić information content (AvgIpc) is 3.01. The smallest absolute Gasteiger partial charge is 0.247 e. The normalized spacial score (nSPS) is 21.7. The Balaban J connectivity index is 1.38. The second-order valence-corrected chi connectivity index (χ2v) is 6.54. The molecule has 2 aromatic rings. The Hall–Kier alpha value is -1.76. The lowest BCUT2D eigenvalue weighted by Crippen LogP contribution is -2.39. The predicted molar refractivity (Wildman–Crippen MR) is 88.4 cm³/mol. The van der Waals surface area contributed by atoms with Gasteiger partial charge in [-0.15, -0.1) is 10.2 Å². The molecule has 0 aliphatic carbocycles. The minimum absolute atomic E-state index is 0.0110. The Bertz CT molecular complexity index is 653. The summed E-state index contributed by atoms with van der Waals surface area (Å²) in [7, 11) is 0. The van der Waals surface area contributed by atoms with E-state index in [1.165, 1.54) is 0 Å². The molecule has 0 N–H and O–H groups in total. The molecular weight excluding hydrogens is 306 g/mol. The molecule has 1 aromatic carbocycles. The minimum atomic E-state index is 0.0110. The minimum Gasteiger partial charge on any atom is -0.419 e. The Morgan fingerprint density at radius 1 is 0.958 bits per heavy atom. The summed E-state index contributed by atoms with van der Waals surface area (Å²) >= 11 is 0. The average molecular weight is 329 g/mol. The third-order valence-electron chi connectivity index (χ3n) is 4.95. The summed E-state index contributed by atoms with van der Waals surface area (Å²) < 4.78 is 17.5. The quantitative estimate of drug-likeness (QED) is 0.862. The first-order valence-corrected chi connectivity index (χ1v) is 8.65. The van der Waals surface area contributed by atoms with Crippen molar-refractivity contribution in [2.45, 2.75) is 31.4 Å². The summed E-state index contributed by atoms with van der Waals surface area (Å²) in [5.74, 6) is 1.24. The second-order valence-electron chi connectivity index (χ2n) is 6.54. The molecule has 6 heteroatoms. The molecule has 128 valence electrons. The highest BCUT2D eigenvalue weighted by atomic mass is 16.5. The van der Waals surface area contributed by atoms with Crippen LogP contribution in [0.5, 0.6) is 0 Å². The molecule has 0 radical (unpaired) electrons. The fraction of sp³-hybridized carbons (Fsp3) is 0.556. The molecule has 0 amide bonds. The predicted octanol–water partition coefficient (Wildman–Crippen LogP) is 2.51. The van der Waals surface area contributed by atoms with E-state index in [1.807, 2.05) is 30.3 Å². The van der Waals surface area contributed by atoms with Crippen LogP contribution in [-0.2, 0) is 16.0 Å². The van der Waals surface area contributed by atoms with Gasteiger partial charge in [0.15, 0.2) is 0 Å². The number of hydrogen-bond donors (Lipinski definition) is 0. The number of nitrogens with zero attached hydrogens (tertiary/aromatic N) is 3. The fourth-order valence-electron chi connectivity index (χ4n) is 3.44. The first-order chi connectivity index (χ1) is 11.8. The van der Waals surface area contributed by atoms with Crippen molar-refractivity contribution in [3.05, 3.63) is 36.2 Å². The van der Waals surface area contributed by atoms with Crippen LogP contribution < -0.4 is 0 Å². The Morgan fingerprint density at radius 3 is 2.62 bits per heavy atom. The van der Waals surface area contributed by atoms with E-state index in [0.717, 1.165) is 57.7 Å². The molecule has 6 nitrogen and oxygen atoms in total. The topological polar surface area (TPSA) is 60.6 Å². The van der Waals surface area contributed by atoms with E-state index in [4.69, 9.17) is 13.9 Å². The Morgan fingerprint density at radius 2 is 1.79 bits per heavy atom. The molecule has 1 aromatic heterocycles. The van der Waals surface area contributed by atoms with E-state index in [0.29, 0.717) is 18.3 Å². The fourth-order valence-corrected chi connectivity index (χ4v) is 3.44. The molecule has 4 rings (SSSR count).